The molecule has 0 saturated carbocycles. The molecule has 2 aromatic rings. The van der Waals surface area contributed by atoms with E-state index in [1.807, 2.05) is 42.5 Å². The Balaban J connectivity index is 1.64. The average Bonchev–Trinajstić information content (AvgIpc) is 3.31. The quantitative estimate of drug-likeness (QED) is 0.252. The highest BCUT2D eigenvalue weighted by molar-refractivity contribution is 6.35. The summed E-state index contributed by atoms with van der Waals surface area (Å²) in [6.45, 7) is 1.17. The van der Waals surface area contributed by atoms with Gasteiger partial charge >= 0.3 is 17.8 Å². The lowest BCUT2D eigenvalue weighted by Crippen LogP contribution is -2.53. The minimum Gasteiger partial charge on any atom is -0.479 e. The Kier molecular flexibility index (Phi) is 8.22. The Labute approximate surface area is 195 Å². The van der Waals surface area contributed by atoms with Crippen molar-refractivity contribution in [1.82, 2.24) is 21.5 Å². The van der Waals surface area contributed by atoms with Gasteiger partial charge in [-0.05, 0) is 35.2 Å². The number of amides is 2. The Bertz CT molecular complexity index is 1040. The molecular weight excluding hydrogens is 450 g/mol. The Morgan fingerprint density at radius 1 is 1.09 bits per heavy atom. The van der Waals surface area contributed by atoms with E-state index >= 15 is 0 Å². The maximum atomic E-state index is 12.3. The van der Waals surface area contributed by atoms with Crippen molar-refractivity contribution in [2.45, 2.75) is 25.0 Å². The first-order chi connectivity index (χ1) is 15.8. The van der Waals surface area contributed by atoms with Crippen LogP contribution in [0.1, 0.15) is 12.0 Å². The highest BCUT2D eigenvalue weighted by atomic mass is 35.5. The second-order valence-electron chi connectivity index (χ2n) is 7.41. The minimum atomic E-state index is -1.70. The van der Waals surface area contributed by atoms with Gasteiger partial charge in [0.1, 0.15) is 0 Å². The van der Waals surface area contributed by atoms with Gasteiger partial charge < -0.3 is 20.8 Å². The molecule has 0 saturated heterocycles. The van der Waals surface area contributed by atoms with Gasteiger partial charge in [-0.25, -0.2) is 4.79 Å². The molecule has 2 atom stereocenters. The summed E-state index contributed by atoms with van der Waals surface area (Å²) in [6, 6.07) is 14.0. The number of carboxylic acid groups (broad SMARTS) is 1. The number of rotatable bonds is 7. The number of halogens is 1. The van der Waals surface area contributed by atoms with Crippen LogP contribution < -0.4 is 21.5 Å². The van der Waals surface area contributed by atoms with Crippen LogP contribution in [0.5, 0.6) is 0 Å². The molecule has 0 spiro atoms. The highest BCUT2D eigenvalue weighted by Crippen LogP contribution is 2.23. The summed E-state index contributed by atoms with van der Waals surface area (Å²) in [5.41, 5.74) is 7.36. The molecule has 1 aliphatic rings. The maximum Gasteiger partial charge on any atom is 0.332 e. The van der Waals surface area contributed by atoms with Gasteiger partial charge in [0, 0.05) is 24.0 Å². The zero-order valence-electron chi connectivity index (χ0n) is 17.5. The van der Waals surface area contributed by atoms with Crippen molar-refractivity contribution in [2.24, 2.45) is 4.99 Å². The zero-order valence-corrected chi connectivity index (χ0v) is 18.3. The van der Waals surface area contributed by atoms with Gasteiger partial charge in [-0.3, -0.25) is 25.4 Å². The molecule has 2 amide bonds. The number of guanidine groups is 1. The van der Waals surface area contributed by atoms with E-state index in [9.17, 15) is 19.5 Å². The Hall–Kier alpha value is -3.63. The van der Waals surface area contributed by atoms with Crippen molar-refractivity contribution < 1.29 is 24.6 Å². The van der Waals surface area contributed by atoms with E-state index in [2.05, 4.69) is 26.5 Å². The number of hydrazine groups is 1. The molecule has 0 unspecified atom stereocenters. The molecule has 6 N–H and O–H groups in total. The molecule has 0 aliphatic carbocycles. The third-order valence-electron chi connectivity index (χ3n) is 4.90. The smallest absolute Gasteiger partial charge is 0.332 e. The lowest BCUT2D eigenvalue weighted by atomic mass is 9.98. The molecule has 0 fully saturated rings. The van der Waals surface area contributed by atoms with Gasteiger partial charge in [0.25, 0.3) is 0 Å². The van der Waals surface area contributed by atoms with Crippen LogP contribution in [0, 0.1) is 0 Å². The van der Waals surface area contributed by atoms with E-state index in [-0.39, 0.29) is 12.8 Å². The summed E-state index contributed by atoms with van der Waals surface area (Å²) in [4.78, 5) is 39.5. The van der Waals surface area contributed by atoms with E-state index in [1.165, 1.54) is 0 Å². The molecule has 174 valence electrons. The first-order valence-corrected chi connectivity index (χ1v) is 10.6. The van der Waals surface area contributed by atoms with Crippen LogP contribution in [0.15, 0.2) is 53.5 Å². The lowest BCUT2D eigenvalue weighted by Gasteiger charge is -2.20. The number of hydrogen-bond acceptors (Lipinski definition) is 7. The number of nitrogens with one attached hydrogen (secondary N) is 4. The number of carbonyl (C=O) groups is 3. The van der Waals surface area contributed by atoms with Crippen molar-refractivity contribution in [3.8, 4) is 11.1 Å². The zero-order chi connectivity index (χ0) is 23.8. The SMILES string of the molecule is O=C(NNC1=NCCN1)C(=O)N[C@H](Cc1ccc(-c2cccc(Cl)c2)cc1)C[C@@H](O)C(=O)O. The summed E-state index contributed by atoms with van der Waals surface area (Å²) in [6.07, 6.45) is -1.76. The van der Waals surface area contributed by atoms with Crippen LogP contribution in [0.25, 0.3) is 11.1 Å². The van der Waals surface area contributed by atoms with E-state index in [0.29, 0.717) is 24.1 Å². The third kappa shape index (κ3) is 7.19. The van der Waals surface area contributed by atoms with Gasteiger partial charge in [-0.2, -0.15) is 0 Å². The Morgan fingerprint density at radius 2 is 1.85 bits per heavy atom. The van der Waals surface area contributed by atoms with E-state index in [0.717, 1.165) is 16.7 Å². The molecule has 0 aromatic heterocycles. The number of carbonyl (C=O) groups excluding carboxylic acids is 2. The number of aliphatic hydroxyl groups excluding tert-OH is 1. The molecular formula is C22H24ClN5O5. The van der Waals surface area contributed by atoms with Crippen LogP contribution in [0.4, 0.5) is 0 Å². The summed E-state index contributed by atoms with van der Waals surface area (Å²) in [5.74, 6) is -3.02. The van der Waals surface area contributed by atoms with Crippen molar-refractivity contribution in [3.63, 3.8) is 0 Å². The molecule has 0 bridgehead atoms. The summed E-state index contributed by atoms with van der Waals surface area (Å²) < 4.78 is 0. The monoisotopic (exact) mass is 473 g/mol. The van der Waals surface area contributed by atoms with Crippen molar-refractivity contribution in [3.05, 3.63) is 59.1 Å². The predicted molar refractivity (Wildman–Crippen MR) is 122 cm³/mol. The van der Waals surface area contributed by atoms with Crippen molar-refractivity contribution in [1.29, 1.82) is 0 Å². The number of benzene rings is 2. The second kappa shape index (κ2) is 11.3. The molecule has 33 heavy (non-hydrogen) atoms. The fourth-order valence-corrected chi connectivity index (χ4v) is 3.45. The van der Waals surface area contributed by atoms with Gasteiger partial charge in [0.05, 0.1) is 6.54 Å². The number of nitrogens with zero attached hydrogens (tertiary/aromatic N) is 1. The molecule has 2 aromatic carbocycles. The lowest BCUT2D eigenvalue weighted by molar-refractivity contribution is -0.147. The fourth-order valence-electron chi connectivity index (χ4n) is 3.25. The Morgan fingerprint density at radius 3 is 2.48 bits per heavy atom. The summed E-state index contributed by atoms with van der Waals surface area (Å²) >= 11 is 6.04. The predicted octanol–water partition coefficient (Wildman–Crippen LogP) is 0.450. The first-order valence-electron chi connectivity index (χ1n) is 10.2. The topological polar surface area (TPSA) is 152 Å². The standard InChI is InChI=1S/C22H24ClN5O5/c23-16-3-1-2-15(11-16)14-6-4-13(5-7-14)10-17(12-18(29)21(32)33)26-19(30)20(31)27-28-22-24-8-9-25-22/h1-7,11,17-18,29H,8-10,12H2,(H,26,30)(H,27,31)(H,32,33)(H2,24,25,28)/t17-,18-/m1/s1. The highest BCUT2D eigenvalue weighted by Gasteiger charge is 2.24. The van der Waals surface area contributed by atoms with Gasteiger partial charge in [0.2, 0.25) is 5.96 Å². The molecule has 1 aliphatic heterocycles. The first kappa shape index (κ1) is 24.0. The number of aliphatic imine (C=N–C) groups is 1. The molecule has 10 nitrogen and oxygen atoms in total. The largest absolute Gasteiger partial charge is 0.479 e. The fraction of sp³-hybridized carbons (Fsp3) is 0.273. The van der Waals surface area contributed by atoms with Crippen LogP contribution in [-0.2, 0) is 20.8 Å². The number of aliphatic hydroxyl groups is 1. The van der Waals surface area contributed by atoms with Gasteiger partial charge in [0.15, 0.2) is 6.10 Å². The number of hydrogen-bond donors (Lipinski definition) is 6. The average molecular weight is 474 g/mol. The summed E-state index contributed by atoms with van der Waals surface area (Å²) in [5, 5.41) is 24.8. The third-order valence-corrected chi connectivity index (χ3v) is 5.13. The molecule has 0 radical (unpaired) electrons. The molecule has 3 rings (SSSR count). The van der Waals surface area contributed by atoms with E-state index in [1.54, 1.807) is 6.07 Å². The minimum absolute atomic E-state index is 0.209. The van der Waals surface area contributed by atoms with Crippen LogP contribution in [0.3, 0.4) is 0 Å². The molecule has 11 heteroatoms. The van der Waals surface area contributed by atoms with Crippen molar-refractivity contribution in [2.75, 3.05) is 13.1 Å². The van der Waals surface area contributed by atoms with Crippen LogP contribution in [0.2, 0.25) is 5.02 Å². The number of aliphatic carboxylic acids is 1. The van der Waals surface area contributed by atoms with Gasteiger partial charge in [-0.15, -0.1) is 0 Å². The second-order valence-corrected chi connectivity index (χ2v) is 7.84. The van der Waals surface area contributed by atoms with E-state index < -0.39 is 29.9 Å². The van der Waals surface area contributed by atoms with Crippen molar-refractivity contribution >= 4 is 35.3 Å². The molecule has 1 heterocycles. The van der Waals surface area contributed by atoms with Crippen LogP contribution >= 0.6 is 11.6 Å². The summed E-state index contributed by atoms with van der Waals surface area (Å²) in [7, 11) is 0. The number of carboxylic acids is 1. The normalized spacial score (nSPS) is 14.4. The van der Waals surface area contributed by atoms with E-state index in [4.69, 9.17) is 16.7 Å². The van der Waals surface area contributed by atoms with Crippen LogP contribution in [-0.4, -0.2) is 59.2 Å². The van der Waals surface area contributed by atoms with Gasteiger partial charge in [-0.1, -0.05) is 48.0 Å². The maximum absolute atomic E-state index is 12.3.